The molecule has 0 rings (SSSR count). The Hall–Kier alpha value is -0.770. The summed E-state index contributed by atoms with van der Waals surface area (Å²) in [6.45, 7) is 6.41. The van der Waals surface area contributed by atoms with Crippen LogP contribution in [0.2, 0.25) is 0 Å². The normalized spacial score (nSPS) is 9.69. The van der Waals surface area contributed by atoms with E-state index in [9.17, 15) is 4.79 Å². The van der Waals surface area contributed by atoms with E-state index in [1.807, 2.05) is 13.8 Å². The lowest BCUT2D eigenvalue weighted by Gasteiger charge is -2.05. The van der Waals surface area contributed by atoms with E-state index in [0.717, 1.165) is 19.4 Å². The summed E-state index contributed by atoms with van der Waals surface area (Å²) in [6, 6.07) is 0. The first-order valence-electron chi connectivity index (χ1n) is 4.79. The van der Waals surface area contributed by atoms with Crippen molar-refractivity contribution in [1.29, 1.82) is 0 Å². The Balaban J connectivity index is 3.08. The molecule has 1 N–H and O–H groups in total. The second kappa shape index (κ2) is 9.32. The van der Waals surface area contributed by atoms with Gasteiger partial charge in [0.15, 0.2) is 0 Å². The molecule has 0 aliphatic rings. The Labute approximate surface area is 79.6 Å². The quantitative estimate of drug-likeness (QED) is 0.618. The van der Waals surface area contributed by atoms with Gasteiger partial charge in [0.25, 0.3) is 0 Å². The third-order valence-electron chi connectivity index (χ3n) is 1.38. The molecule has 0 spiro atoms. The summed E-state index contributed by atoms with van der Waals surface area (Å²) in [5, 5.41) is 2.64. The number of amides is 1. The molecule has 0 unspecified atom stereocenters. The number of carbonyl (C=O) groups excluding carboxylic acids is 1. The molecule has 78 valence electrons. The second-order valence-electron chi connectivity index (χ2n) is 2.61. The Morgan fingerprint density at radius 2 is 2.08 bits per heavy atom. The van der Waals surface area contributed by atoms with Gasteiger partial charge >= 0.3 is 6.09 Å². The van der Waals surface area contributed by atoms with Crippen molar-refractivity contribution < 1.29 is 14.3 Å². The standard InChI is InChI=1S/C9H19NO3/c1-3-7-13-9(11)10-6-5-8-12-4-2/h3-8H2,1-2H3,(H,10,11). The highest BCUT2D eigenvalue weighted by molar-refractivity contribution is 5.66. The molecule has 0 aliphatic heterocycles. The first-order valence-corrected chi connectivity index (χ1v) is 4.79. The lowest BCUT2D eigenvalue weighted by Crippen LogP contribution is -2.26. The average Bonchev–Trinajstić information content (AvgIpc) is 2.14. The van der Waals surface area contributed by atoms with Crippen LogP contribution in [0.5, 0.6) is 0 Å². The van der Waals surface area contributed by atoms with Crippen molar-refractivity contribution in [3.05, 3.63) is 0 Å². The topological polar surface area (TPSA) is 47.6 Å². The molecule has 0 bridgehead atoms. The number of hydrogen-bond donors (Lipinski definition) is 1. The summed E-state index contributed by atoms with van der Waals surface area (Å²) in [5.41, 5.74) is 0. The summed E-state index contributed by atoms with van der Waals surface area (Å²) in [7, 11) is 0. The molecule has 0 heterocycles. The van der Waals surface area contributed by atoms with Crippen LogP contribution in [0, 0.1) is 0 Å². The molecule has 4 nitrogen and oxygen atoms in total. The van der Waals surface area contributed by atoms with Crippen molar-refractivity contribution >= 4 is 6.09 Å². The summed E-state index contributed by atoms with van der Waals surface area (Å²) >= 11 is 0. The zero-order valence-electron chi connectivity index (χ0n) is 8.47. The van der Waals surface area contributed by atoms with Crippen molar-refractivity contribution in [2.24, 2.45) is 0 Å². The van der Waals surface area contributed by atoms with Crippen molar-refractivity contribution in [1.82, 2.24) is 5.32 Å². The predicted molar refractivity (Wildman–Crippen MR) is 50.8 cm³/mol. The summed E-state index contributed by atoms with van der Waals surface area (Å²) < 4.78 is 9.91. The smallest absolute Gasteiger partial charge is 0.407 e. The molecule has 0 aromatic rings. The number of ether oxygens (including phenoxy) is 2. The maximum Gasteiger partial charge on any atom is 0.407 e. The van der Waals surface area contributed by atoms with Crippen LogP contribution in [0.1, 0.15) is 26.7 Å². The van der Waals surface area contributed by atoms with Crippen molar-refractivity contribution in [2.45, 2.75) is 26.7 Å². The highest BCUT2D eigenvalue weighted by atomic mass is 16.5. The van der Waals surface area contributed by atoms with E-state index in [1.165, 1.54) is 0 Å². The van der Waals surface area contributed by atoms with Gasteiger partial charge in [-0.25, -0.2) is 4.79 Å². The van der Waals surface area contributed by atoms with E-state index in [2.05, 4.69) is 5.32 Å². The van der Waals surface area contributed by atoms with Gasteiger partial charge < -0.3 is 14.8 Å². The molecule has 0 saturated carbocycles. The first-order chi connectivity index (χ1) is 6.31. The fourth-order valence-electron chi connectivity index (χ4n) is 0.755. The monoisotopic (exact) mass is 189 g/mol. The van der Waals surface area contributed by atoms with Gasteiger partial charge in [0.1, 0.15) is 0 Å². The van der Waals surface area contributed by atoms with Crippen LogP contribution in [-0.4, -0.2) is 32.5 Å². The minimum atomic E-state index is -0.335. The summed E-state index contributed by atoms with van der Waals surface area (Å²) in [5.74, 6) is 0. The Morgan fingerprint density at radius 3 is 2.69 bits per heavy atom. The molecule has 1 amide bonds. The third kappa shape index (κ3) is 9.14. The number of rotatable bonds is 7. The van der Waals surface area contributed by atoms with E-state index in [-0.39, 0.29) is 6.09 Å². The second-order valence-corrected chi connectivity index (χ2v) is 2.61. The van der Waals surface area contributed by atoms with Crippen LogP contribution in [-0.2, 0) is 9.47 Å². The lowest BCUT2D eigenvalue weighted by atomic mass is 10.4. The van der Waals surface area contributed by atoms with Crippen molar-refractivity contribution in [3.8, 4) is 0 Å². The molecular weight excluding hydrogens is 170 g/mol. The molecule has 0 aromatic carbocycles. The zero-order chi connectivity index (χ0) is 9.94. The van der Waals surface area contributed by atoms with Crippen LogP contribution < -0.4 is 5.32 Å². The largest absolute Gasteiger partial charge is 0.450 e. The first kappa shape index (κ1) is 12.2. The van der Waals surface area contributed by atoms with Crippen molar-refractivity contribution in [3.63, 3.8) is 0 Å². The van der Waals surface area contributed by atoms with Gasteiger partial charge in [-0.1, -0.05) is 6.92 Å². The third-order valence-corrected chi connectivity index (χ3v) is 1.38. The van der Waals surface area contributed by atoms with E-state index >= 15 is 0 Å². The van der Waals surface area contributed by atoms with E-state index in [4.69, 9.17) is 9.47 Å². The van der Waals surface area contributed by atoms with Crippen LogP contribution >= 0.6 is 0 Å². The number of alkyl carbamates (subject to hydrolysis) is 1. The van der Waals surface area contributed by atoms with E-state index < -0.39 is 0 Å². The molecule has 0 radical (unpaired) electrons. The number of nitrogens with one attached hydrogen (secondary N) is 1. The Kier molecular flexibility index (Phi) is 8.77. The van der Waals surface area contributed by atoms with Crippen molar-refractivity contribution in [2.75, 3.05) is 26.4 Å². The fourth-order valence-corrected chi connectivity index (χ4v) is 0.755. The molecule has 13 heavy (non-hydrogen) atoms. The van der Waals surface area contributed by atoms with Crippen LogP contribution in [0.3, 0.4) is 0 Å². The SMILES string of the molecule is CCCOC(=O)NCCCOCC. The maximum atomic E-state index is 10.9. The zero-order valence-corrected chi connectivity index (χ0v) is 8.47. The number of hydrogen-bond acceptors (Lipinski definition) is 3. The fraction of sp³-hybridized carbons (Fsp3) is 0.889. The summed E-state index contributed by atoms with van der Waals surface area (Å²) in [4.78, 5) is 10.9. The molecule has 0 saturated heterocycles. The minimum absolute atomic E-state index is 0.335. The molecule has 0 aromatic heterocycles. The number of carbonyl (C=O) groups is 1. The van der Waals surface area contributed by atoms with Gasteiger partial charge in [-0.05, 0) is 19.8 Å². The predicted octanol–water partition coefficient (Wildman–Crippen LogP) is 1.55. The van der Waals surface area contributed by atoms with Gasteiger partial charge in [-0.15, -0.1) is 0 Å². The Morgan fingerprint density at radius 1 is 1.31 bits per heavy atom. The van der Waals surface area contributed by atoms with Gasteiger partial charge in [0.05, 0.1) is 6.61 Å². The lowest BCUT2D eigenvalue weighted by molar-refractivity contribution is 0.135. The average molecular weight is 189 g/mol. The Bertz CT molecular complexity index is 128. The maximum absolute atomic E-state index is 10.9. The van der Waals surface area contributed by atoms with E-state index in [1.54, 1.807) is 0 Å². The van der Waals surface area contributed by atoms with E-state index in [0.29, 0.717) is 19.8 Å². The van der Waals surface area contributed by atoms with Gasteiger partial charge in [-0.3, -0.25) is 0 Å². The molecule has 0 aliphatic carbocycles. The van der Waals surface area contributed by atoms with Gasteiger partial charge in [0.2, 0.25) is 0 Å². The van der Waals surface area contributed by atoms with Crippen LogP contribution in [0.4, 0.5) is 4.79 Å². The highest BCUT2D eigenvalue weighted by Gasteiger charge is 1.98. The highest BCUT2D eigenvalue weighted by Crippen LogP contribution is 1.84. The molecular formula is C9H19NO3. The molecule has 0 fully saturated rings. The summed E-state index contributed by atoms with van der Waals surface area (Å²) in [6.07, 6.45) is 1.35. The van der Waals surface area contributed by atoms with Gasteiger partial charge in [0, 0.05) is 19.8 Å². The minimum Gasteiger partial charge on any atom is -0.450 e. The molecule has 0 atom stereocenters. The van der Waals surface area contributed by atoms with Crippen LogP contribution in [0.15, 0.2) is 0 Å². The van der Waals surface area contributed by atoms with Gasteiger partial charge in [-0.2, -0.15) is 0 Å². The molecule has 4 heteroatoms. The van der Waals surface area contributed by atoms with Crippen LogP contribution in [0.25, 0.3) is 0 Å².